The first-order valence-corrected chi connectivity index (χ1v) is 6.03. The first kappa shape index (κ1) is 12.0. The Kier molecular flexibility index (Phi) is 5.13. The van der Waals surface area contributed by atoms with Gasteiger partial charge in [0.2, 0.25) is 0 Å². The number of aromatic nitrogens is 2. The zero-order valence-corrected chi connectivity index (χ0v) is 9.97. The standard InChI is InChI=1S/C11H15N3S/c1-9-8-10(2)14-11(13-9)15-7-5-3-4-6-12/h8H,3-5,7H2,1-2H3. The molecule has 3 nitrogen and oxygen atoms in total. The van der Waals surface area contributed by atoms with Gasteiger partial charge in [0.1, 0.15) is 0 Å². The van der Waals surface area contributed by atoms with Crippen LogP contribution in [-0.2, 0) is 0 Å². The van der Waals surface area contributed by atoms with E-state index in [1.165, 1.54) is 0 Å². The zero-order chi connectivity index (χ0) is 11.1. The van der Waals surface area contributed by atoms with Crippen molar-refractivity contribution in [1.29, 1.82) is 5.26 Å². The number of unbranched alkanes of at least 4 members (excludes halogenated alkanes) is 2. The number of thioether (sulfide) groups is 1. The van der Waals surface area contributed by atoms with Gasteiger partial charge in [0.15, 0.2) is 5.16 Å². The molecule has 0 aliphatic rings. The first-order valence-electron chi connectivity index (χ1n) is 5.04. The van der Waals surface area contributed by atoms with Gasteiger partial charge in [0, 0.05) is 23.6 Å². The van der Waals surface area contributed by atoms with E-state index in [9.17, 15) is 0 Å². The highest BCUT2D eigenvalue weighted by Gasteiger charge is 1.99. The van der Waals surface area contributed by atoms with E-state index in [0.717, 1.165) is 35.1 Å². The average molecular weight is 221 g/mol. The summed E-state index contributed by atoms with van der Waals surface area (Å²) in [6.45, 7) is 3.96. The van der Waals surface area contributed by atoms with Crippen LogP contribution in [0.1, 0.15) is 30.7 Å². The second-order valence-corrected chi connectivity index (χ2v) is 4.46. The maximum Gasteiger partial charge on any atom is 0.187 e. The molecule has 0 radical (unpaired) electrons. The van der Waals surface area contributed by atoms with Crippen molar-refractivity contribution in [3.63, 3.8) is 0 Å². The van der Waals surface area contributed by atoms with Crippen LogP contribution in [0.25, 0.3) is 0 Å². The van der Waals surface area contributed by atoms with Crippen LogP contribution in [0.2, 0.25) is 0 Å². The Bertz CT molecular complexity index is 337. The molecule has 1 rings (SSSR count). The van der Waals surface area contributed by atoms with Crippen LogP contribution < -0.4 is 0 Å². The van der Waals surface area contributed by atoms with E-state index < -0.39 is 0 Å². The summed E-state index contributed by atoms with van der Waals surface area (Å²) in [7, 11) is 0. The maximum absolute atomic E-state index is 8.37. The van der Waals surface area contributed by atoms with Gasteiger partial charge in [0.05, 0.1) is 6.07 Å². The summed E-state index contributed by atoms with van der Waals surface area (Å²) in [6, 6.07) is 4.12. The molecule has 0 N–H and O–H groups in total. The molecule has 0 saturated carbocycles. The van der Waals surface area contributed by atoms with E-state index in [1.807, 2.05) is 19.9 Å². The lowest BCUT2D eigenvalue weighted by Crippen LogP contribution is -1.93. The molecular formula is C11H15N3S. The third-order valence-electron chi connectivity index (χ3n) is 1.88. The third kappa shape index (κ3) is 4.80. The van der Waals surface area contributed by atoms with Crippen LogP contribution >= 0.6 is 11.8 Å². The number of aryl methyl sites for hydroxylation is 2. The molecule has 80 valence electrons. The fourth-order valence-electron chi connectivity index (χ4n) is 1.23. The number of hydrogen-bond donors (Lipinski definition) is 0. The molecule has 15 heavy (non-hydrogen) atoms. The molecule has 0 aliphatic carbocycles. The van der Waals surface area contributed by atoms with Crippen molar-refractivity contribution >= 4 is 11.8 Å². The highest BCUT2D eigenvalue weighted by atomic mass is 32.2. The molecule has 0 fully saturated rings. The van der Waals surface area contributed by atoms with Gasteiger partial charge in [-0.2, -0.15) is 5.26 Å². The van der Waals surface area contributed by atoms with E-state index in [4.69, 9.17) is 5.26 Å². The molecule has 1 heterocycles. The van der Waals surface area contributed by atoms with Gasteiger partial charge in [-0.25, -0.2) is 9.97 Å². The van der Waals surface area contributed by atoms with Gasteiger partial charge in [-0.1, -0.05) is 11.8 Å². The lowest BCUT2D eigenvalue weighted by atomic mass is 10.3. The number of nitriles is 1. The van der Waals surface area contributed by atoms with Crippen molar-refractivity contribution in [2.75, 3.05) is 5.75 Å². The topological polar surface area (TPSA) is 49.6 Å². The summed E-state index contributed by atoms with van der Waals surface area (Å²) < 4.78 is 0. The molecule has 4 heteroatoms. The van der Waals surface area contributed by atoms with E-state index in [1.54, 1.807) is 11.8 Å². The molecule has 0 atom stereocenters. The van der Waals surface area contributed by atoms with Crippen LogP contribution in [0.3, 0.4) is 0 Å². The molecule has 0 saturated heterocycles. The van der Waals surface area contributed by atoms with E-state index in [2.05, 4.69) is 16.0 Å². The normalized spacial score (nSPS) is 9.93. The smallest absolute Gasteiger partial charge is 0.187 e. The van der Waals surface area contributed by atoms with Crippen molar-refractivity contribution in [3.05, 3.63) is 17.5 Å². The predicted molar refractivity (Wildman–Crippen MR) is 61.7 cm³/mol. The minimum Gasteiger partial charge on any atom is -0.228 e. The Morgan fingerprint density at radius 1 is 1.27 bits per heavy atom. The largest absolute Gasteiger partial charge is 0.228 e. The quantitative estimate of drug-likeness (QED) is 0.436. The molecule has 1 aromatic rings. The minimum absolute atomic E-state index is 0.647. The van der Waals surface area contributed by atoms with Crippen molar-refractivity contribution in [2.45, 2.75) is 38.3 Å². The Labute approximate surface area is 94.9 Å². The number of nitrogens with zero attached hydrogens (tertiary/aromatic N) is 3. The molecule has 0 spiro atoms. The van der Waals surface area contributed by atoms with Gasteiger partial charge in [0.25, 0.3) is 0 Å². The maximum atomic E-state index is 8.37. The summed E-state index contributed by atoms with van der Waals surface area (Å²) in [5.41, 5.74) is 2.03. The molecule has 1 aromatic heterocycles. The molecule has 0 aliphatic heterocycles. The Morgan fingerprint density at radius 3 is 2.53 bits per heavy atom. The average Bonchev–Trinajstić information content (AvgIpc) is 2.16. The Morgan fingerprint density at radius 2 is 1.93 bits per heavy atom. The van der Waals surface area contributed by atoms with Gasteiger partial charge in [-0.15, -0.1) is 0 Å². The SMILES string of the molecule is Cc1cc(C)nc(SCCCCC#N)n1. The molecule has 0 bridgehead atoms. The Balaban J connectivity index is 2.34. The second kappa shape index (κ2) is 6.41. The molecule has 0 aromatic carbocycles. The minimum atomic E-state index is 0.647. The van der Waals surface area contributed by atoms with Crippen LogP contribution in [-0.4, -0.2) is 15.7 Å². The highest BCUT2D eigenvalue weighted by Crippen LogP contribution is 2.15. The second-order valence-electron chi connectivity index (χ2n) is 3.40. The molecular weight excluding hydrogens is 206 g/mol. The molecule has 0 amide bonds. The van der Waals surface area contributed by atoms with E-state index in [0.29, 0.717) is 6.42 Å². The van der Waals surface area contributed by atoms with Crippen molar-refractivity contribution in [2.24, 2.45) is 0 Å². The van der Waals surface area contributed by atoms with Gasteiger partial charge < -0.3 is 0 Å². The summed E-state index contributed by atoms with van der Waals surface area (Å²) in [5, 5.41) is 9.23. The summed E-state index contributed by atoms with van der Waals surface area (Å²) in [6.07, 6.45) is 2.66. The fourth-order valence-corrected chi connectivity index (χ4v) is 2.18. The Hall–Kier alpha value is -1.08. The van der Waals surface area contributed by atoms with Crippen molar-refractivity contribution < 1.29 is 0 Å². The van der Waals surface area contributed by atoms with E-state index in [-0.39, 0.29) is 0 Å². The van der Waals surface area contributed by atoms with Gasteiger partial charge in [-0.05, 0) is 32.8 Å². The monoisotopic (exact) mass is 221 g/mol. The van der Waals surface area contributed by atoms with Crippen LogP contribution in [0.5, 0.6) is 0 Å². The fraction of sp³-hybridized carbons (Fsp3) is 0.545. The van der Waals surface area contributed by atoms with Gasteiger partial charge in [-0.3, -0.25) is 0 Å². The summed E-state index contributed by atoms with van der Waals surface area (Å²) in [5.74, 6) is 0.991. The lowest BCUT2D eigenvalue weighted by Gasteiger charge is -2.01. The van der Waals surface area contributed by atoms with Crippen molar-refractivity contribution in [3.8, 4) is 6.07 Å². The predicted octanol–water partition coefficient (Wildman–Crippen LogP) is 2.88. The van der Waals surface area contributed by atoms with Crippen LogP contribution in [0.4, 0.5) is 0 Å². The lowest BCUT2D eigenvalue weighted by molar-refractivity contribution is 0.825. The van der Waals surface area contributed by atoms with Crippen molar-refractivity contribution in [1.82, 2.24) is 9.97 Å². The van der Waals surface area contributed by atoms with Crippen LogP contribution in [0.15, 0.2) is 11.2 Å². The van der Waals surface area contributed by atoms with E-state index >= 15 is 0 Å². The number of hydrogen-bond acceptors (Lipinski definition) is 4. The zero-order valence-electron chi connectivity index (χ0n) is 9.16. The van der Waals surface area contributed by atoms with Gasteiger partial charge >= 0.3 is 0 Å². The highest BCUT2D eigenvalue weighted by molar-refractivity contribution is 7.99. The first-order chi connectivity index (χ1) is 7.22. The summed E-state index contributed by atoms with van der Waals surface area (Å²) in [4.78, 5) is 8.68. The van der Waals surface area contributed by atoms with Crippen LogP contribution in [0, 0.1) is 25.2 Å². The number of rotatable bonds is 5. The molecule has 0 unspecified atom stereocenters. The summed E-state index contributed by atoms with van der Waals surface area (Å²) >= 11 is 1.67. The third-order valence-corrected chi connectivity index (χ3v) is 2.81.